The number of ether oxygens (including phenoxy) is 1. The molecular formula is C17H23NO4. The lowest BCUT2D eigenvalue weighted by Gasteiger charge is -2.23. The van der Waals surface area contributed by atoms with E-state index in [1.54, 1.807) is 20.8 Å². The Morgan fingerprint density at radius 3 is 2.27 bits per heavy atom. The maximum atomic E-state index is 11.8. The molecule has 0 spiro atoms. The largest absolute Gasteiger partial charge is 0.480 e. The number of amides is 1. The van der Waals surface area contributed by atoms with Gasteiger partial charge in [0.1, 0.15) is 11.6 Å². The molecule has 0 saturated heterocycles. The SMILES string of the molecule is CC(C)(C)OC(=O)N[C@@H](CC1Cc2ccccc2C1)C(=O)O. The van der Waals surface area contributed by atoms with E-state index >= 15 is 0 Å². The van der Waals surface area contributed by atoms with Crippen LogP contribution in [0.15, 0.2) is 24.3 Å². The molecule has 0 fully saturated rings. The molecule has 1 aliphatic rings. The lowest BCUT2D eigenvalue weighted by atomic mass is 9.97. The van der Waals surface area contributed by atoms with Gasteiger partial charge in [-0.2, -0.15) is 0 Å². The van der Waals surface area contributed by atoms with Crippen molar-refractivity contribution in [1.29, 1.82) is 0 Å². The van der Waals surface area contributed by atoms with Gasteiger partial charge in [0.25, 0.3) is 0 Å². The molecule has 0 radical (unpaired) electrons. The van der Waals surface area contributed by atoms with E-state index in [9.17, 15) is 14.7 Å². The van der Waals surface area contributed by atoms with Gasteiger partial charge in [-0.3, -0.25) is 0 Å². The van der Waals surface area contributed by atoms with E-state index in [1.807, 2.05) is 12.1 Å². The summed E-state index contributed by atoms with van der Waals surface area (Å²) in [4.78, 5) is 23.2. The number of rotatable bonds is 4. The minimum atomic E-state index is -1.03. The first-order valence-electron chi connectivity index (χ1n) is 7.53. The molecule has 1 amide bonds. The number of fused-ring (bicyclic) bond motifs is 1. The molecule has 1 atom stereocenters. The predicted octanol–water partition coefficient (Wildman–Crippen LogP) is 2.77. The lowest BCUT2D eigenvalue weighted by molar-refractivity contribution is -0.140. The molecular weight excluding hydrogens is 282 g/mol. The number of benzene rings is 1. The molecule has 0 unspecified atom stereocenters. The van der Waals surface area contributed by atoms with Gasteiger partial charge >= 0.3 is 12.1 Å². The van der Waals surface area contributed by atoms with E-state index in [0.29, 0.717) is 6.42 Å². The lowest BCUT2D eigenvalue weighted by Crippen LogP contribution is -2.44. The van der Waals surface area contributed by atoms with E-state index in [0.717, 1.165) is 12.8 Å². The summed E-state index contributed by atoms with van der Waals surface area (Å²) >= 11 is 0. The van der Waals surface area contributed by atoms with Gasteiger partial charge in [-0.25, -0.2) is 9.59 Å². The van der Waals surface area contributed by atoms with Gasteiger partial charge in [-0.05, 0) is 57.1 Å². The van der Waals surface area contributed by atoms with Crippen molar-refractivity contribution in [3.8, 4) is 0 Å². The minimum Gasteiger partial charge on any atom is -0.480 e. The smallest absolute Gasteiger partial charge is 0.408 e. The Bertz CT molecular complexity index is 537. The fourth-order valence-corrected chi connectivity index (χ4v) is 2.82. The van der Waals surface area contributed by atoms with Crippen molar-refractivity contribution in [2.24, 2.45) is 5.92 Å². The molecule has 1 aromatic carbocycles. The van der Waals surface area contributed by atoms with Gasteiger partial charge in [0, 0.05) is 0 Å². The second-order valence-corrected chi connectivity index (χ2v) is 6.82. The highest BCUT2D eigenvalue weighted by molar-refractivity contribution is 5.80. The highest BCUT2D eigenvalue weighted by atomic mass is 16.6. The summed E-state index contributed by atoms with van der Waals surface area (Å²) in [5.41, 5.74) is 1.90. The fourth-order valence-electron chi connectivity index (χ4n) is 2.82. The molecule has 2 rings (SSSR count). The molecule has 0 saturated carbocycles. The zero-order valence-electron chi connectivity index (χ0n) is 13.3. The topological polar surface area (TPSA) is 75.6 Å². The first-order chi connectivity index (χ1) is 10.2. The van der Waals surface area contributed by atoms with Gasteiger partial charge in [0.2, 0.25) is 0 Å². The third kappa shape index (κ3) is 4.48. The Hall–Kier alpha value is -2.04. The van der Waals surface area contributed by atoms with E-state index in [-0.39, 0.29) is 5.92 Å². The Labute approximate surface area is 130 Å². The maximum Gasteiger partial charge on any atom is 0.408 e. The number of carbonyl (C=O) groups is 2. The van der Waals surface area contributed by atoms with Crippen LogP contribution in [0.1, 0.15) is 38.3 Å². The van der Waals surface area contributed by atoms with Crippen LogP contribution in [0.5, 0.6) is 0 Å². The molecule has 5 heteroatoms. The molecule has 1 aromatic rings. The number of nitrogens with one attached hydrogen (secondary N) is 1. The van der Waals surface area contributed by atoms with Crippen LogP contribution in [0.2, 0.25) is 0 Å². The second-order valence-electron chi connectivity index (χ2n) is 6.82. The summed E-state index contributed by atoms with van der Waals surface area (Å²) in [6.45, 7) is 5.24. The number of aliphatic carboxylic acids is 1. The Kier molecular flexibility index (Phi) is 4.74. The Balaban J connectivity index is 1.94. The van der Waals surface area contributed by atoms with Gasteiger partial charge in [0.05, 0.1) is 0 Å². The van der Waals surface area contributed by atoms with E-state index in [1.165, 1.54) is 11.1 Å². The third-order valence-corrected chi connectivity index (χ3v) is 3.69. The van der Waals surface area contributed by atoms with Crippen LogP contribution in [-0.2, 0) is 22.4 Å². The van der Waals surface area contributed by atoms with Gasteiger partial charge in [0.15, 0.2) is 0 Å². The molecule has 0 aromatic heterocycles. The van der Waals surface area contributed by atoms with E-state index in [2.05, 4.69) is 17.4 Å². The maximum absolute atomic E-state index is 11.8. The highest BCUT2D eigenvalue weighted by Crippen LogP contribution is 2.29. The minimum absolute atomic E-state index is 0.230. The number of alkyl carbamates (subject to hydrolysis) is 1. The highest BCUT2D eigenvalue weighted by Gasteiger charge is 2.29. The van der Waals surface area contributed by atoms with Gasteiger partial charge < -0.3 is 15.2 Å². The molecule has 0 bridgehead atoms. The summed E-state index contributed by atoms with van der Waals surface area (Å²) in [5, 5.41) is 11.8. The van der Waals surface area contributed by atoms with Gasteiger partial charge in [-0.1, -0.05) is 24.3 Å². The van der Waals surface area contributed by atoms with E-state index in [4.69, 9.17) is 4.74 Å². The number of carboxylic acids is 1. The normalized spacial score (nSPS) is 16.0. The van der Waals surface area contributed by atoms with Crippen molar-refractivity contribution in [2.75, 3.05) is 0 Å². The molecule has 0 heterocycles. The molecule has 22 heavy (non-hydrogen) atoms. The first kappa shape index (κ1) is 16.3. The van der Waals surface area contributed by atoms with Crippen molar-refractivity contribution < 1.29 is 19.4 Å². The quantitative estimate of drug-likeness (QED) is 0.897. The summed E-state index contributed by atoms with van der Waals surface area (Å²) in [7, 11) is 0. The summed E-state index contributed by atoms with van der Waals surface area (Å²) < 4.78 is 5.13. The average Bonchev–Trinajstić information content (AvgIpc) is 2.77. The number of carboxylic acid groups (broad SMARTS) is 1. The molecule has 0 aliphatic heterocycles. The number of carbonyl (C=O) groups excluding carboxylic acids is 1. The van der Waals surface area contributed by atoms with Crippen LogP contribution in [0.4, 0.5) is 4.79 Å². The molecule has 120 valence electrons. The van der Waals surface area contributed by atoms with Gasteiger partial charge in [-0.15, -0.1) is 0 Å². The number of hydrogen-bond acceptors (Lipinski definition) is 3. The number of hydrogen-bond donors (Lipinski definition) is 2. The van der Waals surface area contributed by atoms with Crippen LogP contribution < -0.4 is 5.32 Å². The predicted molar refractivity (Wildman–Crippen MR) is 82.8 cm³/mol. The second kappa shape index (κ2) is 6.38. The zero-order valence-corrected chi connectivity index (χ0v) is 13.3. The summed E-state index contributed by atoms with van der Waals surface area (Å²) in [5.74, 6) is -0.796. The zero-order chi connectivity index (χ0) is 16.3. The average molecular weight is 305 g/mol. The Morgan fingerprint density at radius 1 is 1.27 bits per heavy atom. The first-order valence-corrected chi connectivity index (χ1v) is 7.53. The van der Waals surface area contributed by atoms with Crippen LogP contribution >= 0.6 is 0 Å². The van der Waals surface area contributed by atoms with Crippen molar-refractivity contribution in [3.05, 3.63) is 35.4 Å². The van der Waals surface area contributed by atoms with Crippen molar-refractivity contribution in [2.45, 2.75) is 51.7 Å². The molecule has 2 N–H and O–H groups in total. The van der Waals surface area contributed by atoms with Crippen LogP contribution in [0, 0.1) is 5.92 Å². The monoisotopic (exact) mass is 305 g/mol. The van der Waals surface area contributed by atoms with Crippen molar-refractivity contribution in [3.63, 3.8) is 0 Å². The van der Waals surface area contributed by atoms with Crippen LogP contribution in [0.25, 0.3) is 0 Å². The van der Waals surface area contributed by atoms with Crippen LogP contribution in [-0.4, -0.2) is 28.8 Å². The summed E-state index contributed by atoms with van der Waals surface area (Å²) in [6.07, 6.45) is 1.44. The van der Waals surface area contributed by atoms with Crippen LogP contribution in [0.3, 0.4) is 0 Å². The summed E-state index contributed by atoms with van der Waals surface area (Å²) in [6, 6.07) is 7.22. The fraction of sp³-hybridized carbons (Fsp3) is 0.529. The van der Waals surface area contributed by atoms with E-state index < -0.39 is 23.7 Å². The van der Waals surface area contributed by atoms with Crippen molar-refractivity contribution in [1.82, 2.24) is 5.32 Å². The standard InChI is InChI=1S/C17H23NO4/c1-17(2,3)22-16(21)18-14(15(19)20)10-11-8-12-6-4-5-7-13(12)9-11/h4-7,11,14H,8-10H2,1-3H3,(H,18,21)(H,19,20)/t14-/m0/s1. The molecule has 5 nitrogen and oxygen atoms in total. The van der Waals surface area contributed by atoms with Crippen molar-refractivity contribution >= 4 is 12.1 Å². The molecule has 1 aliphatic carbocycles. The Morgan fingerprint density at radius 2 is 1.82 bits per heavy atom. The third-order valence-electron chi connectivity index (χ3n) is 3.69.